The van der Waals surface area contributed by atoms with Crippen LogP contribution in [0.2, 0.25) is 0 Å². The van der Waals surface area contributed by atoms with Crippen LogP contribution in [0.4, 0.5) is 0 Å². The molecule has 0 rings (SSSR count). The van der Waals surface area contributed by atoms with Crippen LogP contribution in [-0.4, -0.2) is 121 Å². The van der Waals surface area contributed by atoms with E-state index >= 15 is 0 Å². The van der Waals surface area contributed by atoms with Gasteiger partial charge in [0, 0.05) is 38.8 Å². The molecule has 0 heterocycles. The first-order valence-corrected chi connectivity index (χ1v) is 20.0. The molecule has 4 amide bonds. The lowest BCUT2D eigenvalue weighted by Gasteiger charge is -2.17. The summed E-state index contributed by atoms with van der Waals surface area (Å²) in [6, 6.07) is -3.17. The van der Waals surface area contributed by atoms with Crippen molar-refractivity contribution in [1.29, 1.82) is 0 Å². The van der Waals surface area contributed by atoms with Gasteiger partial charge in [0.2, 0.25) is 23.6 Å². The summed E-state index contributed by atoms with van der Waals surface area (Å²) in [6.45, 7) is 0.923. The highest BCUT2D eigenvalue weighted by Gasteiger charge is 2.24. The maximum Gasteiger partial charge on any atom is 0.326 e. The number of carboxylic acid groups (broad SMARTS) is 3. The Morgan fingerprint density at radius 2 is 0.964 bits per heavy atom. The molecule has 3 atom stereocenters. The maximum absolute atomic E-state index is 12.4. The molecule has 56 heavy (non-hydrogen) atoms. The number of hydrogen-bond acceptors (Lipinski definition) is 11. The number of aliphatic carboxylic acids is 3. The van der Waals surface area contributed by atoms with E-state index in [2.05, 4.69) is 21.3 Å². The molecule has 0 spiro atoms. The third-order valence-electron chi connectivity index (χ3n) is 8.77. The van der Waals surface area contributed by atoms with Crippen LogP contribution in [0.25, 0.3) is 0 Å². The third kappa shape index (κ3) is 33.2. The van der Waals surface area contributed by atoms with Gasteiger partial charge in [-0.2, -0.15) is 0 Å². The Morgan fingerprint density at radius 3 is 1.48 bits per heavy atom. The first-order chi connectivity index (χ1) is 26.8. The number of hydrogen-bond donors (Lipinski definition) is 8. The summed E-state index contributed by atoms with van der Waals surface area (Å²) in [4.78, 5) is 93.0. The van der Waals surface area contributed by atoms with Crippen molar-refractivity contribution in [2.24, 2.45) is 5.73 Å². The molecule has 18 nitrogen and oxygen atoms in total. The first-order valence-electron chi connectivity index (χ1n) is 20.0. The largest absolute Gasteiger partial charge is 0.481 e. The lowest BCUT2D eigenvalue weighted by Crippen LogP contribution is -2.44. The van der Waals surface area contributed by atoms with Crippen molar-refractivity contribution >= 4 is 47.8 Å². The molecule has 0 aromatic carbocycles. The fourth-order valence-corrected chi connectivity index (χ4v) is 5.52. The second kappa shape index (κ2) is 35.3. The van der Waals surface area contributed by atoms with E-state index in [9.17, 15) is 48.6 Å². The summed E-state index contributed by atoms with van der Waals surface area (Å²) in [7, 11) is 0. The highest BCUT2D eigenvalue weighted by molar-refractivity contribution is 5.86. The molecule has 322 valence electrons. The van der Waals surface area contributed by atoms with Crippen LogP contribution in [0.15, 0.2) is 0 Å². The van der Waals surface area contributed by atoms with Gasteiger partial charge in [0.1, 0.15) is 25.0 Å². The molecule has 0 unspecified atom stereocenters. The molecule has 18 heteroatoms. The summed E-state index contributed by atoms with van der Waals surface area (Å²) in [5.74, 6) is -5.31. The summed E-state index contributed by atoms with van der Waals surface area (Å²) in [5, 5.41) is 37.7. The molecule has 9 N–H and O–H groups in total. The Kier molecular flexibility index (Phi) is 32.6. The van der Waals surface area contributed by atoms with Crippen LogP contribution < -0.4 is 27.0 Å². The molecule has 0 fully saturated rings. The standard InChI is InChI=1S/C38H67N5O13/c39-29(27-44)15-13-14-22-40-35(48)28-56-26-25-55-24-23-41-32(45)20-18-30(37(51)52)43-34(47)21-19-31(38(53)54)42-33(46)16-11-9-7-5-3-1-2-4-6-8-10-12-17-36(49)50/h27,29-31H,1-26,28,39H2,(H,40,48)(H,41,45)(H,42,46)(H,43,47)(H,49,50)(H,51,52)(H,53,54)/t29-,30-,31-/m0/s1. The number of ether oxygens (including phenoxy) is 2. The molecular formula is C38H67N5O13. The van der Waals surface area contributed by atoms with Gasteiger partial charge in [0.05, 0.1) is 25.9 Å². The quantitative estimate of drug-likeness (QED) is 0.0327. The van der Waals surface area contributed by atoms with Crippen molar-refractivity contribution in [1.82, 2.24) is 21.3 Å². The van der Waals surface area contributed by atoms with E-state index in [0.29, 0.717) is 32.1 Å². The van der Waals surface area contributed by atoms with Gasteiger partial charge in [-0.3, -0.25) is 24.0 Å². The minimum atomic E-state index is -1.38. The van der Waals surface area contributed by atoms with Gasteiger partial charge in [0.25, 0.3) is 0 Å². The maximum atomic E-state index is 12.4. The van der Waals surface area contributed by atoms with Crippen molar-refractivity contribution < 1.29 is 63.1 Å². The van der Waals surface area contributed by atoms with Crippen molar-refractivity contribution in [2.45, 2.75) is 153 Å². The van der Waals surface area contributed by atoms with Gasteiger partial charge in [-0.05, 0) is 44.9 Å². The van der Waals surface area contributed by atoms with Crippen LogP contribution in [0.5, 0.6) is 0 Å². The van der Waals surface area contributed by atoms with Crippen LogP contribution >= 0.6 is 0 Å². The Labute approximate surface area is 330 Å². The average Bonchev–Trinajstić information content (AvgIpc) is 3.15. The minimum Gasteiger partial charge on any atom is -0.481 e. The lowest BCUT2D eigenvalue weighted by molar-refractivity contribution is -0.143. The van der Waals surface area contributed by atoms with E-state index in [0.717, 1.165) is 77.0 Å². The summed E-state index contributed by atoms with van der Waals surface area (Å²) in [6.07, 6.45) is 13.9. The number of carboxylic acids is 3. The lowest BCUT2D eigenvalue weighted by atomic mass is 10.0. The number of carbonyl (C=O) groups excluding carboxylic acids is 5. The summed E-state index contributed by atoms with van der Waals surface area (Å²) < 4.78 is 10.6. The highest BCUT2D eigenvalue weighted by atomic mass is 16.5. The van der Waals surface area contributed by atoms with Gasteiger partial charge >= 0.3 is 17.9 Å². The fraction of sp³-hybridized carbons (Fsp3) is 0.789. The van der Waals surface area contributed by atoms with Crippen molar-refractivity contribution in [3.05, 3.63) is 0 Å². The summed E-state index contributed by atoms with van der Waals surface area (Å²) >= 11 is 0. The molecule has 0 bridgehead atoms. The monoisotopic (exact) mass is 801 g/mol. The zero-order chi connectivity index (χ0) is 41.8. The molecule has 0 aromatic heterocycles. The van der Waals surface area contributed by atoms with E-state index in [1.807, 2.05) is 0 Å². The summed E-state index contributed by atoms with van der Waals surface area (Å²) in [5.41, 5.74) is 5.50. The van der Waals surface area contributed by atoms with Crippen LogP contribution in [0.1, 0.15) is 135 Å². The van der Waals surface area contributed by atoms with E-state index in [1.165, 1.54) is 0 Å². The minimum absolute atomic E-state index is 0.140. The Balaban J connectivity index is 4.05. The normalized spacial score (nSPS) is 12.5. The van der Waals surface area contributed by atoms with Gasteiger partial charge in [0.15, 0.2) is 0 Å². The van der Waals surface area contributed by atoms with Crippen molar-refractivity contribution in [3.63, 3.8) is 0 Å². The average molecular weight is 802 g/mol. The molecule has 0 aliphatic carbocycles. The van der Waals surface area contributed by atoms with E-state index < -0.39 is 53.8 Å². The van der Waals surface area contributed by atoms with Gasteiger partial charge in [-0.1, -0.05) is 64.2 Å². The van der Waals surface area contributed by atoms with E-state index in [-0.39, 0.29) is 77.4 Å². The molecule has 0 saturated carbocycles. The molecule has 0 aliphatic heterocycles. The zero-order valence-electron chi connectivity index (χ0n) is 32.9. The predicted molar refractivity (Wildman–Crippen MR) is 205 cm³/mol. The Bertz CT molecular complexity index is 1160. The number of carbonyl (C=O) groups is 8. The van der Waals surface area contributed by atoms with E-state index in [4.69, 9.17) is 20.3 Å². The third-order valence-corrected chi connectivity index (χ3v) is 8.77. The number of nitrogens with one attached hydrogen (secondary N) is 4. The van der Waals surface area contributed by atoms with Gasteiger partial charge in [-0.25, -0.2) is 9.59 Å². The molecule has 0 aromatic rings. The topological polar surface area (TPSA) is 290 Å². The van der Waals surface area contributed by atoms with Crippen LogP contribution in [0.3, 0.4) is 0 Å². The van der Waals surface area contributed by atoms with Crippen molar-refractivity contribution in [3.8, 4) is 0 Å². The number of amides is 4. The molecule has 0 aliphatic rings. The Hall–Kier alpha value is -4.16. The Morgan fingerprint density at radius 1 is 0.500 bits per heavy atom. The second-order valence-electron chi connectivity index (χ2n) is 13.8. The predicted octanol–water partition coefficient (Wildman–Crippen LogP) is 2.19. The zero-order valence-corrected chi connectivity index (χ0v) is 32.9. The number of unbranched alkanes of at least 4 members (excludes halogenated alkanes) is 12. The molecular weight excluding hydrogens is 734 g/mol. The van der Waals surface area contributed by atoms with Crippen LogP contribution in [-0.2, 0) is 47.8 Å². The first kappa shape index (κ1) is 51.8. The smallest absolute Gasteiger partial charge is 0.326 e. The number of aldehydes is 1. The van der Waals surface area contributed by atoms with Crippen LogP contribution in [0, 0.1) is 0 Å². The SMILES string of the molecule is N[C@H](C=O)CCCCNC(=O)COCCOCCNC(=O)CC[C@H](NC(=O)CC[C@H](NC(=O)CCCCCCCCCCCCCCC(=O)O)C(=O)O)C(=O)O. The van der Waals surface area contributed by atoms with Crippen molar-refractivity contribution in [2.75, 3.05) is 39.5 Å². The van der Waals surface area contributed by atoms with Gasteiger partial charge < -0.3 is 56.6 Å². The van der Waals surface area contributed by atoms with Gasteiger partial charge in [-0.15, -0.1) is 0 Å². The van der Waals surface area contributed by atoms with E-state index in [1.54, 1.807) is 0 Å². The highest BCUT2D eigenvalue weighted by Crippen LogP contribution is 2.13. The number of rotatable bonds is 39. The number of nitrogens with two attached hydrogens (primary N) is 1. The molecule has 0 radical (unpaired) electrons. The fourth-order valence-electron chi connectivity index (χ4n) is 5.52. The molecule has 0 saturated heterocycles. The second-order valence-corrected chi connectivity index (χ2v) is 13.8.